The van der Waals surface area contributed by atoms with Gasteiger partial charge < -0.3 is 14.8 Å². The van der Waals surface area contributed by atoms with Gasteiger partial charge in [-0.2, -0.15) is 0 Å². The average molecular weight is 397 g/mol. The molecule has 0 saturated carbocycles. The Labute approximate surface area is 163 Å². The first kappa shape index (κ1) is 18.4. The highest BCUT2D eigenvalue weighted by Gasteiger charge is 2.15. The number of rotatable bonds is 5. The van der Waals surface area contributed by atoms with Crippen LogP contribution in [0.1, 0.15) is 0 Å². The molecule has 1 amide bonds. The van der Waals surface area contributed by atoms with Crippen LogP contribution in [0.25, 0.3) is 16.6 Å². The van der Waals surface area contributed by atoms with Crippen molar-refractivity contribution >= 4 is 28.1 Å². The van der Waals surface area contributed by atoms with Gasteiger partial charge in [0.2, 0.25) is 5.91 Å². The minimum atomic E-state index is -0.555. The summed E-state index contributed by atoms with van der Waals surface area (Å²) in [5.41, 5.74) is 0.629. The van der Waals surface area contributed by atoms with Gasteiger partial charge in [-0.1, -0.05) is 0 Å². The molecular formula is C19H16FN5O4. The Bertz CT molecular complexity index is 1300. The summed E-state index contributed by atoms with van der Waals surface area (Å²) in [6.07, 6.45) is 1.30. The van der Waals surface area contributed by atoms with E-state index in [1.54, 1.807) is 18.2 Å². The van der Waals surface area contributed by atoms with Crippen LogP contribution in [0.15, 0.2) is 47.5 Å². The molecule has 0 atom stereocenters. The molecule has 2 aromatic heterocycles. The number of anilines is 1. The highest BCUT2D eigenvalue weighted by molar-refractivity contribution is 5.92. The summed E-state index contributed by atoms with van der Waals surface area (Å²) >= 11 is 0. The zero-order chi connectivity index (χ0) is 20.5. The van der Waals surface area contributed by atoms with Crippen LogP contribution in [0.5, 0.6) is 11.5 Å². The molecule has 0 saturated heterocycles. The van der Waals surface area contributed by atoms with Crippen molar-refractivity contribution in [2.45, 2.75) is 6.54 Å². The van der Waals surface area contributed by atoms with E-state index >= 15 is 0 Å². The van der Waals surface area contributed by atoms with Gasteiger partial charge in [-0.3, -0.25) is 4.79 Å². The van der Waals surface area contributed by atoms with Crippen molar-refractivity contribution in [1.29, 1.82) is 0 Å². The van der Waals surface area contributed by atoms with Gasteiger partial charge in [0.15, 0.2) is 17.1 Å². The lowest BCUT2D eigenvalue weighted by Crippen LogP contribution is -2.28. The number of halogens is 1. The molecule has 148 valence electrons. The maximum atomic E-state index is 13.6. The number of carbonyl (C=O) groups excluding carboxylic acids is 1. The predicted octanol–water partition coefficient (Wildman–Crippen LogP) is 1.84. The number of ether oxygens (including phenoxy) is 2. The Balaban J connectivity index is 1.63. The maximum absolute atomic E-state index is 13.6. The zero-order valence-electron chi connectivity index (χ0n) is 15.5. The summed E-state index contributed by atoms with van der Waals surface area (Å²) in [7, 11) is 3.00. The van der Waals surface area contributed by atoms with Crippen LogP contribution in [0.3, 0.4) is 0 Å². The number of aromatic nitrogens is 4. The number of benzene rings is 2. The lowest BCUT2D eigenvalue weighted by Gasteiger charge is -2.10. The Hall–Kier alpha value is -3.95. The fourth-order valence-corrected chi connectivity index (χ4v) is 2.98. The molecule has 0 aliphatic heterocycles. The van der Waals surface area contributed by atoms with Gasteiger partial charge in [-0.25, -0.2) is 23.3 Å². The number of fused-ring (bicyclic) bond motifs is 3. The highest BCUT2D eigenvalue weighted by atomic mass is 19.1. The van der Waals surface area contributed by atoms with E-state index in [4.69, 9.17) is 9.47 Å². The number of nitrogens with one attached hydrogen (secondary N) is 1. The van der Waals surface area contributed by atoms with E-state index in [2.05, 4.69) is 15.4 Å². The summed E-state index contributed by atoms with van der Waals surface area (Å²) in [6, 6.07) is 8.92. The van der Waals surface area contributed by atoms with Crippen molar-refractivity contribution in [2.75, 3.05) is 19.5 Å². The third-order valence-electron chi connectivity index (χ3n) is 4.34. The van der Waals surface area contributed by atoms with Crippen molar-refractivity contribution in [2.24, 2.45) is 0 Å². The van der Waals surface area contributed by atoms with Crippen molar-refractivity contribution in [3.8, 4) is 11.5 Å². The van der Waals surface area contributed by atoms with E-state index in [0.717, 1.165) is 4.68 Å². The van der Waals surface area contributed by atoms with E-state index < -0.39 is 17.4 Å². The number of carbonyl (C=O) groups is 1. The number of nitrogens with zero attached hydrogens (tertiary/aromatic N) is 4. The molecule has 0 spiro atoms. The van der Waals surface area contributed by atoms with Crippen molar-refractivity contribution in [3.05, 3.63) is 59.0 Å². The second kappa shape index (κ2) is 7.23. The van der Waals surface area contributed by atoms with Crippen LogP contribution in [-0.4, -0.2) is 39.3 Å². The van der Waals surface area contributed by atoms with Gasteiger partial charge >= 0.3 is 5.69 Å². The number of hydrogen-bond acceptors (Lipinski definition) is 6. The Kier molecular flexibility index (Phi) is 4.59. The number of methoxy groups -OCH3 is 2. The molecule has 4 aromatic rings. The molecule has 0 unspecified atom stereocenters. The molecule has 0 aliphatic carbocycles. The predicted molar refractivity (Wildman–Crippen MR) is 103 cm³/mol. The zero-order valence-corrected chi connectivity index (χ0v) is 15.5. The first-order valence-electron chi connectivity index (χ1n) is 8.55. The van der Waals surface area contributed by atoms with E-state index in [9.17, 15) is 14.0 Å². The van der Waals surface area contributed by atoms with Crippen LogP contribution >= 0.6 is 0 Å². The first-order chi connectivity index (χ1) is 14.0. The van der Waals surface area contributed by atoms with Crippen molar-refractivity contribution < 1.29 is 18.7 Å². The number of hydrogen-bond donors (Lipinski definition) is 1. The van der Waals surface area contributed by atoms with Gasteiger partial charge in [-0.05, 0) is 30.3 Å². The van der Waals surface area contributed by atoms with Crippen molar-refractivity contribution in [1.82, 2.24) is 19.2 Å². The molecule has 0 aliphatic rings. The summed E-state index contributed by atoms with van der Waals surface area (Å²) < 4.78 is 26.1. The number of amides is 1. The average Bonchev–Trinajstić information content (AvgIpc) is 3.03. The largest absolute Gasteiger partial charge is 0.493 e. The fourth-order valence-electron chi connectivity index (χ4n) is 2.98. The summed E-state index contributed by atoms with van der Waals surface area (Å²) in [5.74, 6) is 0.0372. The van der Waals surface area contributed by atoms with Crippen LogP contribution in [0, 0.1) is 5.82 Å². The molecule has 2 aromatic carbocycles. The smallest absolute Gasteiger partial charge is 0.352 e. The Morgan fingerprint density at radius 1 is 1.14 bits per heavy atom. The standard InChI is InChI=1S/C19H16FN5O4/c1-28-15-6-4-12(8-16(15)29-2)22-17(26)9-25-19(27)24-10-21-14-5-3-11(20)7-13(14)18(24)23-25/h3-8,10H,9H2,1-2H3,(H,22,26). The lowest BCUT2D eigenvalue weighted by molar-refractivity contribution is -0.117. The minimum absolute atomic E-state index is 0.221. The summed E-state index contributed by atoms with van der Waals surface area (Å²) in [6.45, 7) is -0.328. The normalized spacial score (nSPS) is 11.0. The maximum Gasteiger partial charge on any atom is 0.352 e. The van der Waals surface area contributed by atoms with Gasteiger partial charge in [0, 0.05) is 17.1 Å². The van der Waals surface area contributed by atoms with Crippen LogP contribution < -0.4 is 20.5 Å². The third kappa shape index (κ3) is 3.35. The van der Waals surface area contributed by atoms with Crippen LogP contribution in [0.4, 0.5) is 10.1 Å². The molecule has 1 N–H and O–H groups in total. The van der Waals surface area contributed by atoms with Gasteiger partial charge in [-0.15, -0.1) is 5.10 Å². The molecular weight excluding hydrogens is 381 g/mol. The summed E-state index contributed by atoms with van der Waals surface area (Å²) in [4.78, 5) is 29.1. The molecule has 2 heterocycles. The quantitative estimate of drug-likeness (QED) is 0.552. The lowest BCUT2D eigenvalue weighted by atomic mass is 10.2. The topological polar surface area (TPSA) is 99.7 Å². The van der Waals surface area contributed by atoms with Crippen molar-refractivity contribution in [3.63, 3.8) is 0 Å². The van der Waals surface area contributed by atoms with E-state index in [1.807, 2.05) is 0 Å². The molecule has 10 heteroatoms. The van der Waals surface area contributed by atoms with Gasteiger partial charge in [0.1, 0.15) is 18.7 Å². The molecule has 4 rings (SSSR count). The molecule has 0 radical (unpaired) electrons. The van der Waals surface area contributed by atoms with Gasteiger partial charge in [0.25, 0.3) is 0 Å². The first-order valence-corrected chi connectivity index (χ1v) is 8.55. The monoisotopic (exact) mass is 397 g/mol. The molecule has 9 nitrogen and oxygen atoms in total. The molecule has 29 heavy (non-hydrogen) atoms. The third-order valence-corrected chi connectivity index (χ3v) is 4.34. The second-order valence-electron chi connectivity index (χ2n) is 6.16. The Morgan fingerprint density at radius 3 is 2.69 bits per heavy atom. The van der Waals surface area contributed by atoms with Crippen LogP contribution in [0.2, 0.25) is 0 Å². The SMILES string of the molecule is COc1ccc(NC(=O)Cn2nc3c4cc(F)ccc4ncn3c2=O)cc1OC. The van der Waals surface area contributed by atoms with Crippen LogP contribution in [-0.2, 0) is 11.3 Å². The minimum Gasteiger partial charge on any atom is -0.493 e. The van der Waals surface area contributed by atoms with Gasteiger partial charge in [0.05, 0.1) is 19.7 Å². The van der Waals surface area contributed by atoms with E-state index in [-0.39, 0.29) is 12.2 Å². The van der Waals surface area contributed by atoms with E-state index in [1.165, 1.54) is 43.1 Å². The summed E-state index contributed by atoms with van der Waals surface area (Å²) in [5, 5.41) is 7.23. The van der Waals surface area contributed by atoms with E-state index in [0.29, 0.717) is 28.1 Å². The fraction of sp³-hybridized carbons (Fsp3) is 0.158. The second-order valence-corrected chi connectivity index (χ2v) is 6.16. The molecule has 0 fully saturated rings. The molecule has 0 bridgehead atoms. The Morgan fingerprint density at radius 2 is 1.93 bits per heavy atom. The highest BCUT2D eigenvalue weighted by Crippen LogP contribution is 2.29.